The minimum Gasteiger partial charge on any atom is -0.370 e. The largest absolute Gasteiger partial charge is 0.370 e. The summed E-state index contributed by atoms with van der Waals surface area (Å²) in [5, 5.41) is 2.22. The van der Waals surface area contributed by atoms with E-state index in [0.717, 1.165) is 41.4 Å². The summed E-state index contributed by atoms with van der Waals surface area (Å²) in [6, 6.07) is 4.11. The summed E-state index contributed by atoms with van der Waals surface area (Å²) in [4.78, 5) is 26.7. The molecule has 5 heteroatoms. The lowest BCUT2D eigenvalue weighted by molar-refractivity contribution is -0.122. The molecule has 1 N–H and O–H groups in total. The van der Waals surface area contributed by atoms with Gasteiger partial charge in [0.15, 0.2) is 5.65 Å². The number of fused-ring (bicyclic) bond motifs is 3. The van der Waals surface area contributed by atoms with Crippen LogP contribution in [0.15, 0.2) is 30.7 Å². The van der Waals surface area contributed by atoms with Gasteiger partial charge in [0.25, 0.3) is 0 Å². The molecule has 24 heavy (non-hydrogen) atoms. The highest BCUT2D eigenvalue weighted by Crippen LogP contribution is 2.34. The van der Waals surface area contributed by atoms with E-state index in [-0.39, 0.29) is 5.92 Å². The van der Waals surface area contributed by atoms with Gasteiger partial charge in [-0.05, 0) is 24.5 Å². The van der Waals surface area contributed by atoms with E-state index in [1.807, 2.05) is 18.5 Å². The van der Waals surface area contributed by atoms with Crippen LogP contribution in [-0.2, 0) is 4.79 Å². The molecule has 4 heterocycles. The van der Waals surface area contributed by atoms with Gasteiger partial charge in [0.2, 0.25) is 0 Å². The predicted octanol–water partition coefficient (Wildman–Crippen LogP) is 3.55. The molecule has 0 saturated carbocycles. The van der Waals surface area contributed by atoms with Crippen LogP contribution >= 0.6 is 0 Å². The first-order valence-corrected chi connectivity index (χ1v) is 8.62. The topological polar surface area (TPSA) is 61.9 Å². The van der Waals surface area contributed by atoms with E-state index in [2.05, 4.69) is 39.8 Å². The van der Waals surface area contributed by atoms with E-state index in [0.29, 0.717) is 18.1 Å². The maximum Gasteiger partial charge on any atom is 0.159 e. The molecule has 0 aliphatic carbocycles. The van der Waals surface area contributed by atoms with Gasteiger partial charge >= 0.3 is 0 Å². The molecule has 1 aliphatic heterocycles. The number of hydrogen-bond acceptors (Lipinski definition) is 4. The number of carbonyl (C=O) groups excluding carboxylic acids is 1. The fourth-order valence-corrected chi connectivity index (χ4v) is 3.71. The summed E-state index contributed by atoms with van der Waals surface area (Å²) in [7, 11) is 0. The van der Waals surface area contributed by atoms with Gasteiger partial charge in [-0.3, -0.25) is 4.79 Å². The summed E-state index contributed by atoms with van der Waals surface area (Å²) in [6.45, 7) is 5.95. The third kappa shape index (κ3) is 2.54. The van der Waals surface area contributed by atoms with Crippen LogP contribution in [0, 0.1) is 11.8 Å². The van der Waals surface area contributed by atoms with Crippen molar-refractivity contribution in [3.8, 4) is 0 Å². The molecule has 1 aliphatic rings. The van der Waals surface area contributed by atoms with Crippen molar-refractivity contribution in [2.24, 2.45) is 11.8 Å². The lowest BCUT2D eigenvalue weighted by Gasteiger charge is -2.21. The van der Waals surface area contributed by atoms with Crippen LogP contribution in [0.1, 0.15) is 26.7 Å². The Bertz CT molecular complexity index is 899. The number of H-pyrrole nitrogens is 1. The molecule has 3 aromatic rings. The van der Waals surface area contributed by atoms with Crippen molar-refractivity contribution >= 4 is 33.4 Å². The van der Waals surface area contributed by atoms with E-state index in [1.54, 1.807) is 6.20 Å². The molecular weight excluding hydrogens is 300 g/mol. The van der Waals surface area contributed by atoms with Crippen LogP contribution < -0.4 is 4.90 Å². The Kier molecular flexibility index (Phi) is 3.71. The molecule has 0 spiro atoms. The maximum absolute atomic E-state index is 12.4. The number of ketones is 1. The summed E-state index contributed by atoms with van der Waals surface area (Å²) >= 11 is 0. The number of hydrogen-bond donors (Lipinski definition) is 1. The Morgan fingerprint density at radius 3 is 3.08 bits per heavy atom. The van der Waals surface area contributed by atoms with Crippen molar-refractivity contribution in [2.75, 3.05) is 18.0 Å². The highest BCUT2D eigenvalue weighted by molar-refractivity contribution is 6.10. The van der Waals surface area contributed by atoms with Crippen molar-refractivity contribution in [2.45, 2.75) is 26.7 Å². The van der Waals surface area contributed by atoms with E-state index >= 15 is 0 Å². The smallest absolute Gasteiger partial charge is 0.159 e. The Hall–Kier alpha value is -2.43. The van der Waals surface area contributed by atoms with Crippen molar-refractivity contribution in [3.63, 3.8) is 0 Å². The third-order valence-corrected chi connectivity index (χ3v) is 4.86. The molecule has 0 aromatic carbocycles. The van der Waals surface area contributed by atoms with E-state index in [9.17, 15) is 4.79 Å². The normalized spacial score (nSPS) is 18.1. The number of pyridine rings is 2. The highest BCUT2D eigenvalue weighted by atomic mass is 16.1. The molecular formula is C19H22N4O. The molecule has 1 atom stereocenters. The second-order valence-electron chi connectivity index (χ2n) is 7.09. The predicted molar refractivity (Wildman–Crippen MR) is 96.2 cm³/mol. The van der Waals surface area contributed by atoms with Crippen LogP contribution in [0.25, 0.3) is 21.9 Å². The summed E-state index contributed by atoms with van der Waals surface area (Å²) in [5.41, 5.74) is 2.95. The first kappa shape index (κ1) is 15.1. The monoisotopic (exact) mass is 322 g/mol. The lowest BCUT2D eigenvalue weighted by Crippen LogP contribution is -2.23. The molecule has 0 bridgehead atoms. The zero-order valence-electron chi connectivity index (χ0n) is 14.1. The quantitative estimate of drug-likeness (QED) is 0.798. The number of nitrogens with one attached hydrogen (secondary N) is 1. The Balaban J connectivity index is 1.70. The van der Waals surface area contributed by atoms with Crippen molar-refractivity contribution in [1.82, 2.24) is 15.0 Å². The van der Waals surface area contributed by atoms with Gasteiger partial charge in [-0.15, -0.1) is 0 Å². The fraction of sp³-hybridized carbons (Fsp3) is 0.421. The first-order valence-electron chi connectivity index (χ1n) is 8.62. The van der Waals surface area contributed by atoms with Crippen LogP contribution in [0.2, 0.25) is 0 Å². The Labute approximate surface area is 141 Å². The molecule has 4 rings (SSSR count). The molecule has 124 valence electrons. The molecule has 1 saturated heterocycles. The fourth-order valence-electron chi connectivity index (χ4n) is 3.71. The van der Waals surface area contributed by atoms with Gasteiger partial charge in [-0.1, -0.05) is 13.8 Å². The number of aromatic nitrogens is 3. The van der Waals surface area contributed by atoms with Crippen LogP contribution in [0.4, 0.5) is 5.69 Å². The van der Waals surface area contributed by atoms with Crippen molar-refractivity contribution in [3.05, 3.63) is 30.7 Å². The van der Waals surface area contributed by atoms with Gasteiger partial charge in [0.1, 0.15) is 5.78 Å². The minimum atomic E-state index is 0.154. The SMILES string of the molecule is CC(C)CC(=O)C1CCN(c2cc[nH]c3cnc4nccc4c23)C1. The Morgan fingerprint density at radius 1 is 1.38 bits per heavy atom. The van der Waals surface area contributed by atoms with Crippen molar-refractivity contribution < 1.29 is 4.79 Å². The molecule has 1 unspecified atom stereocenters. The number of rotatable bonds is 4. The molecule has 0 amide bonds. The molecule has 1 fully saturated rings. The minimum absolute atomic E-state index is 0.154. The second kappa shape index (κ2) is 5.89. The van der Waals surface area contributed by atoms with Gasteiger partial charge in [0.05, 0.1) is 11.7 Å². The van der Waals surface area contributed by atoms with Gasteiger partial charge in [-0.25, -0.2) is 9.97 Å². The average Bonchev–Trinajstić information content (AvgIpc) is 3.22. The van der Waals surface area contributed by atoms with E-state index < -0.39 is 0 Å². The van der Waals surface area contributed by atoms with Gasteiger partial charge in [-0.2, -0.15) is 0 Å². The summed E-state index contributed by atoms with van der Waals surface area (Å²) in [6.07, 6.45) is 7.21. The number of nitrogens with zero attached hydrogens (tertiary/aromatic N) is 3. The van der Waals surface area contributed by atoms with E-state index in [4.69, 9.17) is 0 Å². The summed E-state index contributed by atoms with van der Waals surface area (Å²) in [5.74, 6) is 0.989. The highest BCUT2D eigenvalue weighted by Gasteiger charge is 2.29. The van der Waals surface area contributed by atoms with Gasteiger partial charge in [0, 0.05) is 54.3 Å². The third-order valence-electron chi connectivity index (χ3n) is 4.86. The molecule has 0 radical (unpaired) electrons. The average molecular weight is 322 g/mol. The second-order valence-corrected chi connectivity index (χ2v) is 7.09. The van der Waals surface area contributed by atoms with Crippen LogP contribution in [-0.4, -0.2) is 33.8 Å². The lowest BCUT2D eigenvalue weighted by atomic mass is 9.96. The zero-order valence-corrected chi connectivity index (χ0v) is 14.1. The molecule has 3 aromatic heterocycles. The zero-order chi connectivity index (χ0) is 16.7. The summed E-state index contributed by atoms with van der Waals surface area (Å²) < 4.78 is 0. The van der Waals surface area contributed by atoms with Gasteiger partial charge < -0.3 is 9.88 Å². The number of aromatic amines is 1. The van der Waals surface area contributed by atoms with Crippen LogP contribution in [0.3, 0.4) is 0 Å². The molecule has 5 nitrogen and oxygen atoms in total. The van der Waals surface area contributed by atoms with Crippen molar-refractivity contribution in [1.29, 1.82) is 0 Å². The van der Waals surface area contributed by atoms with E-state index in [1.165, 1.54) is 5.69 Å². The first-order chi connectivity index (χ1) is 11.6. The Morgan fingerprint density at radius 2 is 2.25 bits per heavy atom. The number of Topliss-reactive ketones (excluding diaryl/α,β-unsaturated/α-hetero) is 1. The standard InChI is InChI=1S/C19H22N4O/c1-12(2)9-17(24)13-5-8-23(11-13)16-4-7-20-15-10-22-19-14(18(15)16)3-6-21-19/h3-4,6-7,10,12-13,20H,5,8-9,11H2,1-2H3. The maximum atomic E-state index is 12.4. The number of anilines is 1. The van der Waals surface area contributed by atoms with Crippen LogP contribution in [0.5, 0.6) is 0 Å². The number of carbonyl (C=O) groups is 1.